The van der Waals surface area contributed by atoms with Crippen molar-refractivity contribution >= 4 is 53.3 Å². The number of amides is 1. The van der Waals surface area contributed by atoms with E-state index in [2.05, 4.69) is 31.9 Å². The standard InChI is InChI=1S/C16H13Br2NO3S/c1-10-7-13(5-6-14(10)18)19-15(20)9-23(21,22)16(19)11-3-2-4-12(17)8-11/h2-8,16H,9H2,1H3. The maximum Gasteiger partial charge on any atom is 0.243 e. The molecule has 7 heteroatoms. The van der Waals surface area contributed by atoms with Gasteiger partial charge in [-0.05, 0) is 48.4 Å². The Hall–Kier alpha value is -1.18. The number of hydrogen-bond acceptors (Lipinski definition) is 3. The number of sulfone groups is 1. The topological polar surface area (TPSA) is 54.5 Å². The van der Waals surface area contributed by atoms with Crippen molar-refractivity contribution in [1.82, 2.24) is 0 Å². The summed E-state index contributed by atoms with van der Waals surface area (Å²) in [5.74, 6) is -0.879. The second-order valence-corrected chi connectivity index (χ2v) is 9.24. The van der Waals surface area contributed by atoms with Crippen LogP contribution in [0.2, 0.25) is 0 Å². The summed E-state index contributed by atoms with van der Waals surface area (Å²) in [4.78, 5) is 13.8. The van der Waals surface area contributed by atoms with E-state index in [1.54, 1.807) is 24.3 Å². The predicted octanol–water partition coefficient (Wildman–Crippen LogP) is 3.98. The number of aryl methyl sites for hydroxylation is 1. The van der Waals surface area contributed by atoms with Gasteiger partial charge in [0.15, 0.2) is 15.2 Å². The van der Waals surface area contributed by atoms with Crippen molar-refractivity contribution in [3.8, 4) is 0 Å². The summed E-state index contributed by atoms with van der Waals surface area (Å²) in [6.07, 6.45) is 0. The number of benzene rings is 2. The molecule has 0 saturated carbocycles. The van der Waals surface area contributed by atoms with Crippen molar-refractivity contribution in [2.75, 3.05) is 10.7 Å². The zero-order chi connectivity index (χ0) is 16.8. The van der Waals surface area contributed by atoms with Crippen LogP contribution in [0.4, 0.5) is 5.69 Å². The molecule has 0 N–H and O–H groups in total. The Bertz CT molecular complexity index is 896. The van der Waals surface area contributed by atoms with E-state index >= 15 is 0 Å². The van der Waals surface area contributed by atoms with Crippen LogP contribution in [0.3, 0.4) is 0 Å². The molecule has 1 amide bonds. The van der Waals surface area contributed by atoms with Crippen LogP contribution in [0.25, 0.3) is 0 Å². The summed E-state index contributed by atoms with van der Waals surface area (Å²) in [5.41, 5.74) is 2.10. The predicted molar refractivity (Wildman–Crippen MR) is 97.0 cm³/mol. The smallest absolute Gasteiger partial charge is 0.243 e. The van der Waals surface area contributed by atoms with Crippen LogP contribution in [0.1, 0.15) is 16.5 Å². The number of anilines is 1. The van der Waals surface area contributed by atoms with Gasteiger partial charge in [-0.15, -0.1) is 0 Å². The van der Waals surface area contributed by atoms with Crippen LogP contribution < -0.4 is 4.90 Å². The number of carbonyl (C=O) groups excluding carboxylic acids is 1. The van der Waals surface area contributed by atoms with Gasteiger partial charge in [0.1, 0.15) is 5.75 Å². The third-order valence-corrected chi connectivity index (χ3v) is 6.92. The fourth-order valence-corrected chi connectivity index (χ4v) is 5.11. The fourth-order valence-electron chi connectivity index (χ4n) is 2.69. The lowest BCUT2D eigenvalue weighted by Crippen LogP contribution is -2.29. The van der Waals surface area contributed by atoms with E-state index in [0.29, 0.717) is 11.3 Å². The summed E-state index contributed by atoms with van der Waals surface area (Å²) in [5, 5.41) is -0.993. The molecule has 1 aliphatic heterocycles. The minimum atomic E-state index is -3.58. The van der Waals surface area contributed by atoms with E-state index < -0.39 is 26.9 Å². The minimum Gasteiger partial charge on any atom is -0.290 e. The van der Waals surface area contributed by atoms with Crippen LogP contribution in [-0.2, 0) is 14.6 Å². The van der Waals surface area contributed by atoms with Gasteiger partial charge in [0, 0.05) is 14.6 Å². The number of hydrogen-bond donors (Lipinski definition) is 0. The molecule has 1 unspecified atom stereocenters. The van der Waals surface area contributed by atoms with Gasteiger partial charge in [-0.2, -0.15) is 0 Å². The highest BCUT2D eigenvalue weighted by atomic mass is 79.9. The van der Waals surface area contributed by atoms with Crippen LogP contribution in [-0.4, -0.2) is 20.1 Å². The lowest BCUT2D eigenvalue weighted by atomic mass is 10.1. The molecule has 0 radical (unpaired) electrons. The van der Waals surface area contributed by atoms with Gasteiger partial charge in [-0.25, -0.2) is 8.42 Å². The van der Waals surface area contributed by atoms with Crippen LogP contribution in [0.15, 0.2) is 51.4 Å². The van der Waals surface area contributed by atoms with Crippen molar-refractivity contribution in [2.24, 2.45) is 0 Å². The second kappa shape index (κ2) is 6.03. The summed E-state index contributed by atoms with van der Waals surface area (Å²) in [6, 6.07) is 12.4. The number of rotatable bonds is 2. The highest BCUT2D eigenvalue weighted by Crippen LogP contribution is 2.39. The molecule has 2 aromatic carbocycles. The zero-order valence-electron chi connectivity index (χ0n) is 12.2. The Labute approximate surface area is 151 Å². The first kappa shape index (κ1) is 16.7. The van der Waals surface area contributed by atoms with Crippen molar-refractivity contribution in [3.63, 3.8) is 0 Å². The first-order chi connectivity index (χ1) is 10.8. The third-order valence-electron chi connectivity index (χ3n) is 3.72. The number of carbonyl (C=O) groups is 1. The van der Waals surface area contributed by atoms with Crippen molar-refractivity contribution in [2.45, 2.75) is 12.3 Å². The summed E-state index contributed by atoms with van der Waals surface area (Å²) >= 11 is 6.77. The van der Waals surface area contributed by atoms with Crippen molar-refractivity contribution in [1.29, 1.82) is 0 Å². The van der Waals surface area contributed by atoms with Gasteiger partial charge >= 0.3 is 0 Å². The Morgan fingerprint density at radius 1 is 1.13 bits per heavy atom. The molecule has 0 aliphatic carbocycles. The number of halogens is 2. The lowest BCUT2D eigenvalue weighted by Gasteiger charge is -2.24. The molecule has 0 bridgehead atoms. The molecule has 1 aliphatic rings. The highest BCUT2D eigenvalue weighted by molar-refractivity contribution is 9.10. The second-order valence-electron chi connectivity index (χ2n) is 5.41. The van der Waals surface area contributed by atoms with Crippen molar-refractivity contribution < 1.29 is 13.2 Å². The Morgan fingerprint density at radius 3 is 2.52 bits per heavy atom. The van der Waals surface area contributed by atoms with E-state index in [0.717, 1.165) is 14.5 Å². The SMILES string of the molecule is Cc1cc(N2C(=O)CS(=O)(=O)C2c2cccc(Br)c2)ccc1Br. The summed E-state index contributed by atoms with van der Waals surface area (Å²) in [6.45, 7) is 1.90. The molecule has 1 fully saturated rings. The maximum absolute atomic E-state index is 12.5. The average molecular weight is 459 g/mol. The molecule has 3 rings (SSSR count). The quantitative estimate of drug-likeness (QED) is 0.683. The van der Waals surface area contributed by atoms with Crippen molar-refractivity contribution in [3.05, 3.63) is 62.5 Å². The molecule has 0 aromatic heterocycles. The molecule has 1 heterocycles. The highest BCUT2D eigenvalue weighted by Gasteiger charge is 2.45. The Balaban J connectivity index is 2.16. The van der Waals surface area contributed by atoms with E-state index in [1.807, 2.05) is 25.1 Å². The van der Waals surface area contributed by atoms with Crippen LogP contribution in [0.5, 0.6) is 0 Å². The first-order valence-corrected chi connectivity index (χ1v) is 10.1. The average Bonchev–Trinajstić information content (AvgIpc) is 2.71. The normalized spacial score (nSPS) is 20.0. The molecular weight excluding hydrogens is 446 g/mol. The largest absolute Gasteiger partial charge is 0.290 e. The zero-order valence-corrected chi connectivity index (χ0v) is 16.2. The molecule has 1 atom stereocenters. The van der Waals surface area contributed by atoms with Crippen LogP contribution in [0, 0.1) is 6.92 Å². The van der Waals surface area contributed by atoms with Gasteiger partial charge in [0.2, 0.25) is 5.91 Å². The number of nitrogens with zero attached hydrogens (tertiary/aromatic N) is 1. The molecule has 4 nitrogen and oxygen atoms in total. The van der Waals surface area contributed by atoms with E-state index in [-0.39, 0.29) is 0 Å². The lowest BCUT2D eigenvalue weighted by molar-refractivity contribution is -0.115. The molecule has 23 heavy (non-hydrogen) atoms. The maximum atomic E-state index is 12.5. The Morgan fingerprint density at radius 2 is 1.87 bits per heavy atom. The summed E-state index contributed by atoms with van der Waals surface area (Å²) < 4.78 is 26.8. The Kier molecular flexibility index (Phi) is 4.37. The van der Waals surface area contributed by atoms with E-state index in [4.69, 9.17) is 0 Å². The van der Waals surface area contributed by atoms with Crippen LogP contribution >= 0.6 is 31.9 Å². The van der Waals surface area contributed by atoms with Gasteiger partial charge in [0.05, 0.1) is 0 Å². The monoisotopic (exact) mass is 457 g/mol. The van der Waals surface area contributed by atoms with E-state index in [1.165, 1.54) is 4.90 Å². The molecule has 120 valence electrons. The molecule has 2 aromatic rings. The van der Waals surface area contributed by atoms with E-state index in [9.17, 15) is 13.2 Å². The third kappa shape index (κ3) is 3.09. The van der Waals surface area contributed by atoms with Gasteiger partial charge in [-0.1, -0.05) is 44.0 Å². The minimum absolute atomic E-state index is 0.406. The first-order valence-electron chi connectivity index (χ1n) is 6.85. The van der Waals surface area contributed by atoms with Gasteiger partial charge in [0.25, 0.3) is 0 Å². The molecule has 1 saturated heterocycles. The fraction of sp³-hybridized carbons (Fsp3) is 0.188. The molecule has 0 spiro atoms. The van der Waals surface area contributed by atoms with Gasteiger partial charge in [-0.3, -0.25) is 9.69 Å². The van der Waals surface area contributed by atoms with Gasteiger partial charge < -0.3 is 0 Å². The molecular formula is C16H13Br2NO3S. The summed E-state index contributed by atoms with van der Waals surface area (Å²) in [7, 11) is -3.58.